The predicted molar refractivity (Wildman–Crippen MR) is 34.9 cm³/mol. The minimum Gasteiger partial charge on any atom is -0.450 e. The first kappa shape index (κ1) is 9.23. The SMILES string of the molecule is CCCC(O)COC(=O)O. The summed E-state index contributed by atoms with van der Waals surface area (Å²) in [6.07, 6.45) is -0.589. The van der Waals surface area contributed by atoms with Crippen LogP contribution in [0.1, 0.15) is 19.8 Å². The third kappa shape index (κ3) is 5.37. The van der Waals surface area contributed by atoms with Crippen LogP contribution in [0.5, 0.6) is 0 Å². The molecule has 0 aromatic rings. The van der Waals surface area contributed by atoms with Gasteiger partial charge in [-0.05, 0) is 6.42 Å². The molecule has 0 spiro atoms. The Morgan fingerprint density at radius 3 is 2.70 bits per heavy atom. The van der Waals surface area contributed by atoms with E-state index in [0.29, 0.717) is 6.42 Å². The number of aliphatic hydroxyl groups is 1. The van der Waals surface area contributed by atoms with Crippen LogP contribution in [0, 0.1) is 0 Å². The Hall–Kier alpha value is -0.770. The van der Waals surface area contributed by atoms with Gasteiger partial charge in [-0.2, -0.15) is 0 Å². The summed E-state index contributed by atoms with van der Waals surface area (Å²) in [5.74, 6) is 0. The highest BCUT2D eigenvalue weighted by molar-refractivity contribution is 5.56. The average molecular weight is 148 g/mol. The van der Waals surface area contributed by atoms with Crippen molar-refractivity contribution < 1.29 is 19.7 Å². The summed E-state index contributed by atoms with van der Waals surface area (Å²) < 4.78 is 4.12. The van der Waals surface area contributed by atoms with Crippen molar-refractivity contribution in [1.29, 1.82) is 0 Å². The fourth-order valence-corrected chi connectivity index (χ4v) is 0.584. The lowest BCUT2D eigenvalue weighted by atomic mass is 10.2. The van der Waals surface area contributed by atoms with Gasteiger partial charge in [-0.15, -0.1) is 0 Å². The van der Waals surface area contributed by atoms with Gasteiger partial charge >= 0.3 is 6.16 Å². The van der Waals surface area contributed by atoms with Crippen LogP contribution in [-0.2, 0) is 4.74 Å². The summed E-state index contributed by atoms with van der Waals surface area (Å²) in [5.41, 5.74) is 0. The van der Waals surface area contributed by atoms with Gasteiger partial charge in [0.25, 0.3) is 0 Å². The second-order valence-electron chi connectivity index (χ2n) is 2.02. The van der Waals surface area contributed by atoms with E-state index < -0.39 is 12.3 Å². The Balaban J connectivity index is 3.21. The van der Waals surface area contributed by atoms with Crippen LogP contribution >= 0.6 is 0 Å². The van der Waals surface area contributed by atoms with Gasteiger partial charge in [-0.1, -0.05) is 13.3 Å². The van der Waals surface area contributed by atoms with Crippen molar-refractivity contribution in [3.8, 4) is 0 Å². The lowest BCUT2D eigenvalue weighted by Crippen LogP contribution is -2.16. The Morgan fingerprint density at radius 2 is 2.30 bits per heavy atom. The minimum absolute atomic E-state index is 0.122. The molecule has 0 saturated heterocycles. The molecule has 0 heterocycles. The molecular weight excluding hydrogens is 136 g/mol. The van der Waals surface area contributed by atoms with Crippen molar-refractivity contribution in [1.82, 2.24) is 0 Å². The van der Waals surface area contributed by atoms with Crippen LogP contribution in [0.3, 0.4) is 0 Å². The Bertz CT molecular complexity index is 102. The Kier molecular flexibility index (Phi) is 4.66. The first-order valence-electron chi connectivity index (χ1n) is 3.20. The molecule has 0 fully saturated rings. The number of hydrogen-bond donors (Lipinski definition) is 2. The fraction of sp³-hybridized carbons (Fsp3) is 0.833. The number of rotatable bonds is 4. The van der Waals surface area contributed by atoms with Crippen LogP contribution in [-0.4, -0.2) is 29.1 Å². The maximum absolute atomic E-state index is 9.77. The van der Waals surface area contributed by atoms with E-state index in [1.165, 1.54) is 0 Å². The van der Waals surface area contributed by atoms with E-state index in [4.69, 9.17) is 10.2 Å². The molecule has 1 atom stereocenters. The van der Waals surface area contributed by atoms with E-state index in [1.54, 1.807) is 0 Å². The Morgan fingerprint density at radius 1 is 1.70 bits per heavy atom. The highest BCUT2D eigenvalue weighted by Crippen LogP contribution is 1.95. The van der Waals surface area contributed by atoms with Crippen molar-refractivity contribution in [2.45, 2.75) is 25.9 Å². The molecule has 0 radical (unpaired) electrons. The van der Waals surface area contributed by atoms with Crippen molar-refractivity contribution in [2.75, 3.05) is 6.61 Å². The molecule has 0 aromatic carbocycles. The van der Waals surface area contributed by atoms with Gasteiger partial charge in [-0.3, -0.25) is 0 Å². The van der Waals surface area contributed by atoms with E-state index in [-0.39, 0.29) is 6.61 Å². The molecule has 0 amide bonds. The summed E-state index contributed by atoms with van der Waals surface area (Å²) in [7, 11) is 0. The van der Waals surface area contributed by atoms with Crippen molar-refractivity contribution in [3.63, 3.8) is 0 Å². The first-order chi connectivity index (χ1) is 4.66. The maximum atomic E-state index is 9.77. The summed E-state index contributed by atoms with van der Waals surface area (Å²) in [6, 6.07) is 0. The normalized spacial score (nSPS) is 12.6. The van der Waals surface area contributed by atoms with E-state index in [2.05, 4.69) is 4.74 Å². The zero-order valence-electron chi connectivity index (χ0n) is 5.91. The van der Waals surface area contributed by atoms with Gasteiger partial charge < -0.3 is 14.9 Å². The lowest BCUT2D eigenvalue weighted by Gasteiger charge is -2.06. The van der Waals surface area contributed by atoms with E-state index in [1.807, 2.05) is 6.92 Å². The number of carboxylic acid groups (broad SMARTS) is 1. The molecule has 60 valence electrons. The summed E-state index contributed by atoms with van der Waals surface area (Å²) in [5, 5.41) is 16.9. The third-order valence-corrected chi connectivity index (χ3v) is 1.02. The monoisotopic (exact) mass is 148 g/mol. The summed E-state index contributed by atoms with van der Waals surface area (Å²) >= 11 is 0. The molecule has 0 aliphatic heterocycles. The molecule has 1 unspecified atom stereocenters. The Labute approximate surface area is 59.4 Å². The molecule has 0 aliphatic carbocycles. The van der Waals surface area contributed by atoms with Crippen LogP contribution in [0.4, 0.5) is 4.79 Å². The van der Waals surface area contributed by atoms with Crippen LogP contribution in [0.2, 0.25) is 0 Å². The first-order valence-corrected chi connectivity index (χ1v) is 3.20. The van der Waals surface area contributed by atoms with Gasteiger partial charge in [0, 0.05) is 0 Å². The smallest absolute Gasteiger partial charge is 0.450 e. The molecule has 0 bridgehead atoms. The lowest BCUT2D eigenvalue weighted by molar-refractivity contribution is 0.0363. The van der Waals surface area contributed by atoms with E-state index >= 15 is 0 Å². The second kappa shape index (κ2) is 5.05. The fourth-order valence-electron chi connectivity index (χ4n) is 0.584. The zero-order chi connectivity index (χ0) is 7.98. The number of carbonyl (C=O) groups is 1. The van der Waals surface area contributed by atoms with Crippen LogP contribution in [0.25, 0.3) is 0 Å². The van der Waals surface area contributed by atoms with E-state index in [0.717, 1.165) is 6.42 Å². The average Bonchev–Trinajstić information content (AvgIpc) is 1.85. The molecule has 0 saturated carbocycles. The summed E-state index contributed by atoms with van der Waals surface area (Å²) in [4.78, 5) is 9.77. The van der Waals surface area contributed by atoms with Crippen LogP contribution in [0.15, 0.2) is 0 Å². The molecular formula is C6H12O4. The number of aliphatic hydroxyl groups excluding tert-OH is 1. The van der Waals surface area contributed by atoms with Gasteiger partial charge in [0.2, 0.25) is 0 Å². The molecule has 0 rings (SSSR count). The highest BCUT2D eigenvalue weighted by atomic mass is 16.7. The molecule has 0 aromatic heterocycles. The second-order valence-corrected chi connectivity index (χ2v) is 2.02. The topological polar surface area (TPSA) is 66.8 Å². The van der Waals surface area contributed by atoms with E-state index in [9.17, 15) is 4.79 Å². The van der Waals surface area contributed by atoms with Crippen molar-refractivity contribution in [2.24, 2.45) is 0 Å². The molecule has 10 heavy (non-hydrogen) atoms. The van der Waals surface area contributed by atoms with Gasteiger partial charge in [0.1, 0.15) is 6.61 Å². The zero-order valence-corrected chi connectivity index (χ0v) is 5.91. The summed E-state index contributed by atoms with van der Waals surface area (Å²) in [6.45, 7) is 1.78. The predicted octanol–water partition coefficient (Wildman–Crippen LogP) is 0.842. The molecule has 4 heteroatoms. The molecule has 0 aliphatic rings. The standard InChI is InChI=1S/C6H12O4/c1-2-3-5(7)4-10-6(8)9/h5,7H,2-4H2,1H3,(H,8,9). The third-order valence-electron chi connectivity index (χ3n) is 1.02. The number of ether oxygens (including phenoxy) is 1. The molecule has 2 N–H and O–H groups in total. The minimum atomic E-state index is -1.34. The quantitative estimate of drug-likeness (QED) is 0.580. The van der Waals surface area contributed by atoms with Crippen molar-refractivity contribution in [3.05, 3.63) is 0 Å². The van der Waals surface area contributed by atoms with Gasteiger partial charge in [-0.25, -0.2) is 4.79 Å². The highest BCUT2D eigenvalue weighted by Gasteiger charge is 2.04. The van der Waals surface area contributed by atoms with Crippen LogP contribution < -0.4 is 0 Å². The van der Waals surface area contributed by atoms with Gasteiger partial charge in [0.05, 0.1) is 6.10 Å². The number of hydrogen-bond acceptors (Lipinski definition) is 3. The molecule has 4 nitrogen and oxygen atoms in total. The van der Waals surface area contributed by atoms with Gasteiger partial charge in [0.15, 0.2) is 0 Å². The van der Waals surface area contributed by atoms with Crippen molar-refractivity contribution >= 4 is 6.16 Å². The maximum Gasteiger partial charge on any atom is 0.505 e. The largest absolute Gasteiger partial charge is 0.505 e.